The van der Waals surface area contributed by atoms with Gasteiger partial charge in [-0.25, -0.2) is 14.2 Å². The quantitative estimate of drug-likeness (QED) is 0.546. The van der Waals surface area contributed by atoms with Gasteiger partial charge in [-0.15, -0.1) is 0 Å². The molecule has 0 bridgehead atoms. The molecule has 0 N–H and O–H groups in total. The molecule has 0 atom stereocenters. The van der Waals surface area contributed by atoms with E-state index in [1.165, 1.54) is 19.3 Å². The Bertz CT molecular complexity index is 384. The molecule has 3 nitrogen and oxygen atoms in total. The summed E-state index contributed by atoms with van der Waals surface area (Å²) < 4.78 is 18.0. The highest BCUT2D eigenvalue weighted by Gasteiger charge is 2.06. The molecule has 0 aliphatic rings. The third kappa shape index (κ3) is 2.18. The van der Waals surface area contributed by atoms with Gasteiger partial charge in [0.15, 0.2) is 0 Å². The van der Waals surface area contributed by atoms with Crippen molar-refractivity contribution in [3.63, 3.8) is 0 Å². The monoisotopic (exact) mass is 195 g/mol. The number of methoxy groups -OCH3 is 1. The van der Waals surface area contributed by atoms with Gasteiger partial charge in [-0.05, 0) is 18.6 Å². The first-order chi connectivity index (χ1) is 6.69. The Kier molecular flexibility index (Phi) is 3.37. The average molecular weight is 195 g/mol. The lowest BCUT2D eigenvalue weighted by molar-refractivity contribution is 0.406. The Hall–Kier alpha value is -1.67. The van der Waals surface area contributed by atoms with Crippen LogP contribution in [0.2, 0.25) is 0 Å². The molecular weight excluding hydrogens is 185 g/mol. The second kappa shape index (κ2) is 4.53. The van der Waals surface area contributed by atoms with Crippen molar-refractivity contribution in [1.82, 2.24) is 0 Å². The number of nitrogens with zero attached hydrogens (tertiary/aromatic N) is 1. The highest BCUT2D eigenvalue weighted by Crippen LogP contribution is 2.22. The molecule has 0 unspecified atom stereocenters. The summed E-state index contributed by atoms with van der Waals surface area (Å²) >= 11 is 0. The third-order valence-electron chi connectivity index (χ3n) is 1.88. The maximum atomic E-state index is 13.1. The van der Waals surface area contributed by atoms with Gasteiger partial charge < -0.3 is 4.74 Å². The number of ether oxygens (including phenoxy) is 1. The molecule has 74 valence electrons. The van der Waals surface area contributed by atoms with Gasteiger partial charge in [-0.3, -0.25) is 0 Å². The van der Waals surface area contributed by atoms with E-state index >= 15 is 0 Å². The van der Waals surface area contributed by atoms with Gasteiger partial charge in [0, 0.05) is 11.6 Å². The first-order valence-corrected chi connectivity index (χ1v) is 4.05. The van der Waals surface area contributed by atoms with E-state index in [4.69, 9.17) is 4.74 Å². The normalized spacial score (nSPS) is 9.36. The van der Waals surface area contributed by atoms with Gasteiger partial charge in [0.1, 0.15) is 11.6 Å². The summed E-state index contributed by atoms with van der Waals surface area (Å²) in [4.78, 5) is 13.3. The van der Waals surface area contributed by atoms with E-state index in [0.717, 1.165) is 0 Å². The van der Waals surface area contributed by atoms with Crippen molar-refractivity contribution in [2.75, 3.05) is 7.11 Å². The fourth-order valence-corrected chi connectivity index (χ4v) is 1.15. The fraction of sp³-hybridized carbons (Fsp3) is 0.300. The Morgan fingerprint density at radius 2 is 2.29 bits per heavy atom. The molecule has 14 heavy (non-hydrogen) atoms. The molecule has 0 fully saturated rings. The molecule has 0 amide bonds. The van der Waals surface area contributed by atoms with Crippen molar-refractivity contribution in [2.45, 2.75) is 13.5 Å². The summed E-state index contributed by atoms with van der Waals surface area (Å²) in [5.74, 6) is 0.0628. The van der Waals surface area contributed by atoms with E-state index in [2.05, 4.69) is 4.99 Å². The maximum Gasteiger partial charge on any atom is 0.235 e. The minimum Gasteiger partial charge on any atom is -0.496 e. The number of hydrogen-bond acceptors (Lipinski definition) is 3. The van der Waals surface area contributed by atoms with Gasteiger partial charge in [-0.1, -0.05) is 0 Å². The average Bonchev–Trinajstić information content (AvgIpc) is 2.19. The minimum atomic E-state index is -0.333. The van der Waals surface area contributed by atoms with Crippen LogP contribution in [0.25, 0.3) is 0 Å². The van der Waals surface area contributed by atoms with E-state index in [0.29, 0.717) is 16.9 Å². The number of carbonyl (C=O) groups excluding carboxylic acids is 1. The number of benzene rings is 1. The number of rotatable bonds is 3. The molecule has 4 heteroatoms. The lowest BCUT2D eigenvalue weighted by Gasteiger charge is -2.07. The minimum absolute atomic E-state index is 0.161. The van der Waals surface area contributed by atoms with Crippen LogP contribution in [-0.2, 0) is 11.3 Å². The van der Waals surface area contributed by atoms with Gasteiger partial charge in [0.25, 0.3) is 0 Å². The van der Waals surface area contributed by atoms with Crippen molar-refractivity contribution >= 4 is 6.08 Å². The predicted molar refractivity (Wildman–Crippen MR) is 49.5 cm³/mol. The molecule has 1 aromatic carbocycles. The molecule has 1 rings (SSSR count). The molecular formula is C10H10FNO2. The number of hydrogen-bond donors (Lipinski definition) is 0. The van der Waals surface area contributed by atoms with E-state index in [1.54, 1.807) is 13.0 Å². The van der Waals surface area contributed by atoms with Crippen molar-refractivity contribution in [3.05, 3.63) is 29.1 Å². The Morgan fingerprint density at radius 1 is 1.57 bits per heavy atom. The van der Waals surface area contributed by atoms with Crippen LogP contribution in [0.5, 0.6) is 5.75 Å². The van der Waals surface area contributed by atoms with E-state index < -0.39 is 0 Å². The van der Waals surface area contributed by atoms with Crippen LogP contribution in [0.15, 0.2) is 17.1 Å². The van der Waals surface area contributed by atoms with Crippen molar-refractivity contribution in [1.29, 1.82) is 0 Å². The second-order valence-corrected chi connectivity index (χ2v) is 2.82. The van der Waals surface area contributed by atoms with E-state index in [-0.39, 0.29) is 12.4 Å². The van der Waals surface area contributed by atoms with Gasteiger partial charge in [0.05, 0.1) is 13.7 Å². The lowest BCUT2D eigenvalue weighted by Crippen LogP contribution is -1.94. The first kappa shape index (κ1) is 10.4. The van der Waals surface area contributed by atoms with Crippen molar-refractivity contribution in [2.24, 2.45) is 4.99 Å². The van der Waals surface area contributed by atoms with Gasteiger partial charge in [0.2, 0.25) is 6.08 Å². The van der Waals surface area contributed by atoms with E-state index in [9.17, 15) is 9.18 Å². The standard InChI is InChI=1S/C10H10FNO2/c1-7-3-8(5-12-6-13)10(14-2)4-9(7)11/h3-4H,5H2,1-2H3. The van der Waals surface area contributed by atoms with Crippen LogP contribution in [0, 0.1) is 12.7 Å². The molecule has 1 aromatic rings. The molecule has 0 radical (unpaired) electrons. The Labute approximate surface area is 81.2 Å². The van der Waals surface area contributed by atoms with Crippen LogP contribution in [0.3, 0.4) is 0 Å². The highest BCUT2D eigenvalue weighted by atomic mass is 19.1. The van der Waals surface area contributed by atoms with Gasteiger partial charge >= 0.3 is 0 Å². The van der Waals surface area contributed by atoms with Crippen LogP contribution >= 0.6 is 0 Å². The summed E-state index contributed by atoms with van der Waals surface area (Å²) in [5.41, 5.74) is 1.18. The molecule has 0 saturated heterocycles. The summed E-state index contributed by atoms with van der Waals surface area (Å²) in [6, 6.07) is 2.89. The zero-order valence-corrected chi connectivity index (χ0v) is 8.00. The van der Waals surface area contributed by atoms with E-state index in [1.807, 2.05) is 0 Å². The number of aryl methyl sites for hydroxylation is 1. The van der Waals surface area contributed by atoms with Crippen LogP contribution in [-0.4, -0.2) is 13.2 Å². The van der Waals surface area contributed by atoms with Crippen LogP contribution in [0.1, 0.15) is 11.1 Å². The SMILES string of the molecule is COc1cc(F)c(C)cc1CN=C=O. The number of halogens is 1. The topological polar surface area (TPSA) is 38.7 Å². The van der Waals surface area contributed by atoms with Crippen molar-refractivity contribution < 1.29 is 13.9 Å². The van der Waals surface area contributed by atoms with Gasteiger partial charge in [-0.2, -0.15) is 0 Å². The van der Waals surface area contributed by atoms with Crippen LogP contribution < -0.4 is 4.74 Å². The molecule has 0 spiro atoms. The number of isocyanates is 1. The zero-order chi connectivity index (χ0) is 10.6. The first-order valence-electron chi connectivity index (χ1n) is 4.05. The Morgan fingerprint density at radius 3 is 2.86 bits per heavy atom. The zero-order valence-electron chi connectivity index (χ0n) is 8.00. The molecule has 0 aromatic heterocycles. The smallest absolute Gasteiger partial charge is 0.235 e. The van der Waals surface area contributed by atoms with Crippen molar-refractivity contribution in [3.8, 4) is 5.75 Å². The third-order valence-corrected chi connectivity index (χ3v) is 1.88. The summed E-state index contributed by atoms with van der Waals surface area (Å²) in [6.07, 6.45) is 1.43. The molecule has 0 aliphatic carbocycles. The largest absolute Gasteiger partial charge is 0.496 e. The number of aliphatic imine (C=N–C) groups is 1. The summed E-state index contributed by atoms with van der Waals surface area (Å²) in [5, 5.41) is 0. The molecule has 0 heterocycles. The fourth-order valence-electron chi connectivity index (χ4n) is 1.15. The summed E-state index contributed by atoms with van der Waals surface area (Å²) in [7, 11) is 1.44. The lowest BCUT2D eigenvalue weighted by atomic mass is 10.1. The summed E-state index contributed by atoms with van der Waals surface area (Å²) in [6.45, 7) is 1.80. The predicted octanol–water partition coefficient (Wildman–Crippen LogP) is 1.98. The second-order valence-electron chi connectivity index (χ2n) is 2.82. The Balaban J connectivity index is 3.12. The maximum absolute atomic E-state index is 13.1. The highest BCUT2D eigenvalue weighted by molar-refractivity contribution is 5.40. The molecule has 0 saturated carbocycles. The molecule has 0 aliphatic heterocycles. The van der Waals surface area contributed by atoms with Crippen LogP contribution in [0.4, 0.5) is 4.39 Å².